The van der Waals surface area contributed by atoms with Gasteiger partial charge in [0.05, 0.1) is 0 Å². The molecule has 0 saturated carbocycles. The summed E-state index contributed by atoms with van der Waals surface area (Å²) < 4.78 is 0. The Morgan fingerprint density at radius 3 is 1.73 bits per heavy atom. The molecule has 0 N–H and O–H groups in total. The summed E-state index contributed by atoms with van der Waals surface area (Å²) in [7, 11) is 0. The van der Waals surface area contributed by atoms with Gasteiger partial charge in [0, 0.05) is 5.75 Å². The van der Waals surface area contributed by atoms with Crippen LogP contribution in [0.25, 0.3) is 0 Å². The maximum atomic E-state index is 2.20. The van der Waals surface area contributed by atoms with E-state index in [4.69, 9.17) is 0 Å². The fraction of sp³-hybridized carbons (Fsp3) is 0.429. The van der Waals surface area contributed by atoms with Gasteiger partial charge >= 0.3 is 0 Å². The van der Waals surface area contributed by atoms with Crippen LogP contribution in [0.1, 0.15) is 31.4 Å². The van der Waals surface area contributed by atoms with E-state index >= 15 is 0 Å². The van der Waals surface area contributed by atoms with Crippen molar-refractivity contribution in [2.24, 2.45) is 0 Å². The summed E-state index contributed by atoms with van der Waals surface area (Å²) in [4.78, 5) is 0. The zero-order valence-electron chi connectivity index (χ0n) is 10.3. The normalized spacial score (nSPS) is 12.3. The van der Waals surface area contributed by atoms with Gasteiger partial charge in [-0.3, -0.25) is 0 Å². The van der Waals surface area contributed by atoms with Gasteiger partial charge in [0.1, 0.15) is 0 Å². The van der Waals surface area contributed by atoms with Gasteiger partial charge in [-0.25, -0.2) is 0 Å². The standard InChI is InChI=1S/C8H10.C4H6S.C2H6/c1-7-5-3-4-6-8(7)2;1-2-4-5-3-1;1-2/h3-6H,1-2H3;1,3H,2,4H2;1-2H3. The van der Waals surface area contributed by atoms with Gasteiger partial charge in [0.25, 0.3) is 0 Å². The third kappa shape index (κ3) is 7.26. The molecule has 1 heteroatoms. The first-order valence-corrected chi connectivity index (χ1v) is 6.64. The van der Waals surface area contributed by atoms with Gasteiger partial charge < -0.3 is 0 Å². The first-order valence-electron chi connectivity index (χ1n) is 5.59. The highest BCUT2D eigenvalue weighted by molar-refractivity contribution is 8.02. The summed E-state index contributed by atoms with van der Waals surface area (Å²) in [6.45, 7) is 8.24. The molecule has 15 heavy (non-hydrogen) atoms. The molecule has 0 aliphatic carbocycles. The van der Waals surface area contributed by atoms with Crippen molar-refractivity contribution < 1.29 is 0 Å². The largest absolute Gasteiger partial charge is 0.134 e. The molecule has 84 valence electrons. The van der Waals surface area contributed by atoms with Crippen LogP contribution in [0.4, 0.5) is 0 Å². The molecule has 2 rings (SSSR count). The Morgan fingerprint density at radius 2 is 1.53 bits per heavy atom. The molecule has 1 aliphatic heterocycles. The van der Waals surface area contributed by atoms with E-state index in [2.05, 4.69) is 49.6 Å². The van der Waals surface area contributed by atoms with Crippen molar-refractivity contribution in [1.82, 2.24) is 0 Å². The molecule has 0 spiro atoms. The number of allylic oxidation sites excluding steroid dienone is 1. The molecule has 0 amide bonds. The monoisotopic (exact) mass is 222 g/mol. The van der Waals surface area contributed by atoms with Crippen LogP contribution in [0, 0.1) is 13.8 Å². The van der Waals surface area contributed by atoms with Crippen LogP contribution in [-0.4, -0.2) is 5.75 Å². The van der Waals surface area contributed by atoms with E-state index < -0.39 is 0 Å². The van der Waals surface area contributed by atoms with Crippen molar-refractivity contribution in [3.8, 4) is 0 Å². The smallest absolute Gasteiger partial charge is 0.000884 e. The van der Waals surface area contributed by atoms with E-state index in [1.54, 1.807) is 0 Å². The van der Waals surface area contributed by atoms with E-state index in [0.29, 0.717) is 0 Å². The highest BCUT2D eigenvalue weighted by Crippen LogP contribution is 2.11. The summed E-state index contributed by atoms with van der Waals surface area (Å²) in [6.07, 6.45) is 3.48. The molecule has 1 aromatic rings. The highest BCUT2D eigenvalue weighted by atomic mass is 32.2. The van der Waals surface area contributed by atoms with Crippen molar-refractivity contribution in [2.75, 3.05) is 5.75 Å². The second-order valence-corrected chi connectivity index (χ2v) is 4.13. The Morgan fingerprint density at radius 1 is 1.00 bits per heavy atom. The number of rotatable bonds is 0. The lowest BCUT2D eigenvalue weighted by Crippen LogP contribution is -1.74. The molecule has 1 aromatic carbocycles. The van der Waals surface area contributed by atoms with Crippen LogP contribution in [-0.2, 0) is 0 Å². The van der Waals surface area contributed by atoms with Gasteiger partial charge in [0.15, 0.2) is 0 Å². The summed E-state index contributed by atoms with van der Waals surface area (Å²) in [5.74, 6) is 1.31. The summed E-state index contributed by atoms with van der Waals surface area (Å²) >= 11 is 1.89. The minimum Gasteiger partial charge on any atom is -0.134 e. The minimum absolute atomic E-state index is 1.28. The summed E-state index contributed by atoms with van der Waals surface area (Å²) in [5, 5.41) is 2.15. The quantitative estimate of drug-likeness (QED) is 0.597. The van der Waals surface area contributed by atoms with Crippen molar-refractivity contribution in [3.63, 3.8) is 0 Å². The lowest BCUT2D eigenvalue weighted by Gasteiger charge is -1.93. The Balaban J connectivity index is 0.000000241. The topological polar surface area (TPSA) is 0 Å². The van der Waals surface area contributed by atoms with E-state index in [1.807, 2.05) is 25.6 Å². The van der Waals surface area contributed by atoms with Crippen molar-refractivity contribution in [2.45, 2.75) is 34.1 Å². The number of benzene rings is 1. The van der Waals surface area contributed by atoms with Gasteiger partial charge in [0.2, 0.25) is 0 Å². The van der Waals surface area contributed by atoms with E-state index in [0.717, 1.165) is 0 Å². The van der Waals surface area contributed by atoms with Crippen LogP contribution in [0.5, 0.6) is 0 Å². The van der Waals surface area contributed by atoms with Crippen LogP contribution < -0.4 is 0 Å². The average molecular weight is 222 g/mol. The Bertz CT molecular complexity index is 249. The fourth-order valence-electron chi connectivity index (χ4n) is 1.00. The highest BCUT2D eigenvalue weighted by Gasteiger charge is 1.85. The maximum absolute atomic E-state index is 2.20. The molecular weight excluding hydrogens is 200 g/mol. The lowest BCUT2D eigenvalue weighted by molar-refractivity contribution is 1.28. The third-order valence-corrected chi connectivity index (χ3v) is 2.88. The molecule has 0 saturated heterocycles. The van der Waals surface area contributed by atoms with Gasteiger partial charge in [-0.15, -0.1) is 11.8 Å². The third-order valence-electron chi connectivity index (χ3n) is 2.02. The number of thioether (sulfide) groups is 1. The van der Waals surface area contributed by atoms with Crippen LogP contribution in [0.15, 0.2) is 35.7 Å². The first-order chi connectivity index (χ1) is 7.30. The summed E-state index contributed by atoms with van der Waals surface area (Å²) in [6, 6.07) is 8.36. The second kappa shape index (κ2) is 9.85. The Kier molecular flexibility index (Phi) is 9.40. The van der Waals surface area contributed by atoms with E-state index in [-0.39, 0.29) is 0 Å². The predicted molar refractivity (Wildman–Crippen MR) is 73.5 cm³/mol. The second-order valence-electron chi connectivity index (χ2n) is 3.12. The van der Waals surface area contributed by atoms with Gasteiger partial charge in [-0.2, -0.15) is 0 Å². The first kappa shape index (κ1) is 14.3. The van der Waals surface area contributed by atoms with Crippen LogP contribution in [0.3, 0.4) is 0 Å². The molecule has 0 radical (unpaired) electrons. The van der Waals surface area contributed by atoms with Crippen LogP contribution in [0.2, 0.25) is 0 Å². The number of hydrogen-bond donors (Lipinski definition) is 0. The Labute approximate surface area is 98.8 Å². The fourth-order valence-corrected chi connectivity index (χ4v) is 1.68. The zero-order chi connectivity index (χ0) is 11.5. The predicted octanol–water partition coefficient (Wildman–Crippen LogP) is 4.97. The molecule has 0 aromatic heterocycles. The average Bonchev–Trinajstić information content (AvgIpc) is 2.84. The van der Waals surface area contributed by atoms with Crippen molar-refractivity contribution in [3.05, 3.63) is 46.9 Å². The van der Waals surface area contributed by atoms with Crippen molar-refractivity contribution in [1.29, 1.82) is 0 Å². The van der Waals surface area contributed by atoms with E-state index in [1.165, 1.54) is 23.3 Å². The lowest BCUT2D eigenvalue weighted by atomic mass is 10.1. The molecular formula is C14H22S. The number of hydrogen-bond acceptors (Lipinski definition) is 1. The number of aryl methyl sites for hydroxylation is 2. The summed E-state index contributed by atoms with van der Waals surface area (Å²) in [5.41, 5.74) is 2.74. The minimum atomic E-state index is 1.28. The SMILES string of the molecule is C1=CSCC1.CC.Cc1ccccc1C. The Hall–Kier alpha value is -0.690. The van der Waals surface area contributed by atoms with E-state index in [9.17, 15) is 0 Å². The van der Waals surface area contributed by atoms with Gasteiger partial charge in [-0.05, 0) is 36.8 Å². The molecule has 1 aliphatic rings. The molecule has 1 heterocycles. The van der Waals surface area contributed by atoms with Crippen molar-refractivity contribution >= 4 is 11.8 Å². The maximum Gasteiger partial charge on any atom is 0.000884 e. The zero-order valence-corrected chi connectivity index (χ0v) is 11.1. The van der Waals surface area contributed by atoms with Crippen LogP contribution >= 0.6 is 11.8 Å². The molecule has 0 atom stereocenters. The molecule has 0 bridgehead atoms. The molecule has 0 nitrogen and oxygen atoms in total. The van der Waals surface area contributed by atoms with Gasteiger partial charge in [-0.1, -0.05) is 44.2 Å². The molecule has 0 fully saturated rings. The molecule has 0 unspecified atom stereocenters.